The maximum Gasteiger partial charge on any atom is 0.324 e. The second-order valence-electron chi connectivity index (χ2n) is 9.79. The molecule has 0 atom stereocenters. The Morgan fingerprint density at radius 3 is 1.92 bits per heavy atom. The Hall–Kier alpha value is -3.71. The molecule has 2 heterocycles. The SMILES string of the molecule is CCCOCCN1CCN(c2ccc(N3CCN(c4ccc(OCc5ccccc5)cc4)CC3)cc2)C1=O. The molecule has 0 bridgehead atoms. The fourth-order valence-corrected chi connectivity index (χ4v) is 5.01. The molecule has 3 aromatic rings. The summed E-state index contributed by atoms with van der Waals surface area (Å²) < 4.78 is 11.5. The zero-order valence-corrected chi connectivity index (χ0v) is 22.3. The van der Waals surface area contributed by atoms with Gasteiger partial charge in [0, 0.05) is 69.5 Å². The van der Waals surface area contributed by atoms with Crippen molar-refractivity contribution in [2.45, 2.75) is 20.0 Å². The minimum atomic E-state index is 0.0722. The maximum atomic E-state index is 12.8. The summed E-state index contributed by atoms with van der Waals surface area (Å²) in [7, 11) is 0. The van der Waals surface area contributed by atoms with E-state index in [1.807, 2.05) is 28.0 Å². The molecule has 2 aliphatic heterocycles. The summed E-state index contributed by atoms with van der Waals surface area (Å²) in [5, 5.41) is 0. The van der Waals surface area contributed by atoms with Gasteiger partial charge in [-0.25, -0.2) is 4.79 Å². The molecule has 2 saturated heterocycles. The largest absolute Gasteiger partial charge is 0.489 e. The molecule has 0 aromatic heterocycles. The van der Waals surface area contributed by atoms with Gasteiger partial charge in [0.2, 0.25) is 0 Å². The molecule has 2 amide bonds. The summed E-state index contributed by atoms with van der Waals surface area (Å²) in [4.78, 5) is 21.4. The fourth-order valence-electron chi connectivity index (χ4n) is 5.01. The number of ether oxygens (including phenoxy) is 2. The van der Waals surface area contributed by atoms with Crippen molar-refractivity contribution < 1.29 is 14.3 Å². The highest BCUT2D eigenvalue weighted by molar-refractivity contribution is 5.94. The van der Waals surface area contributed by atoms with E-state index in [4.69, 9.17) is 9.47 Å². The number of piperazine rings is 1. The van der Waals surface area contributed by atoms with Gasteiger partial charge < -0.3 is 24.2 Å². The first-order chi connectivity index (χ1) is 18.7. The zero-order valence-electron chi connectivity index (χ0n) is 22.3. The number of carbonyl (C=O) groups is 1. The van der Waals surface area contributed by atoms with E-state index in [1.54, 1.807) is 0 Å². The Bertz CT molecular complexity index is 1150. The van der Waals surface area contributed by atoms with Crippen LogP contribution in [0.1, 0.15) is 18.9 Å². The lowest BCUT2D eigenvalue weighted by atomic mass is 10.2. The van der Waals surface area contributed by atoms with Crippen molar-refractivity contribution in [1.29, 1.82) is 0 Å². The Kier molecular flexibility index (Phi) is 8.66. The van der Waals surface area contributed by atoms with Crippen LogP contribution in [0.2, 0.25) is 0 Å². The van der Waals surface area contributed by atoms with Crippen LogP contribution < -0.4 is 19.4 Å². The van der Waals surface area contributed by atoms with Crippen molar-refractivity contribution >= 4 is 23.1 Å². The van der Waals surface area contributed by atoms with Gasteiger partial charge >= 0.3 is 6.03 Å². The first-order valence-corrected chi connectivity index (χ1v) is 13.7. The average Bonchev–Trinajstić information content (AvgIpc) is 3.35. The van der Waals surface area contributed by atoms with Crippen molar-refractivity contribution in [2.24, 2.45) is 0 Å². The number of urea groups is 1. The molecule has 7 nitrogen and oxygen atoms in total. The van der Waals surface area contributed by atoms with Crippen LogP contribution in [0.3, 0.4) is 0 Å². The number of rotatable bonds is 11. The van der Waals surface area contributed by atoms with E-state index < -0.39 is 0 Å². The molecule has 0 spiro atoms. The van der Waals surface area contributed by atoms with Crippen LogP contribution in [0.25, 0.3) is 0 Å². The summed E-state index contributed by atoms with van der Waals surface area (Å²) >= 11 is 0. The highest BCUT2D eigenvalue weighted by Gasteiger charge is 2.29. The van der Waals surface area contributed by atoms with Crippen molar-refractivity contribution in [3.05, 3.63) is 84.4 Å². The molecular formula is C31H38N4O3. The van der Waals surface area contributed by atoms with E-state index in [2.05, 4.69) is 77.4 Å². The number of carbonyl (C=O) groups excluding carboxylic acids is 1. The smallest absolute Gasteiger partial charge is 0.324 e. The molecule has 200 valence electrons. The number of hydrogen-bond acceptors (Lipinski definition) is 5. The topological polar surface area (TPSA) is 48.5 Å². The predicted molar refractivity (Wildman–Crippen MR) is 154 cm³/mol. The first kappa shape index (κ1) is 25.9. The second kappa shape index (κ2) is 12.7. The Morgan fingerprint density at radius 1 is 0.684 bits per heavy atom. The molecule has 2 aliphatic rings. The van der Waals surface area contributed by atoms with Crippen LogP contribution in [-0.4, -0.2) is 70.0 Å². The fraction of sp³-hybridized carbons (Fsp3) is 0.387. The number of benzene rings is 3. The van der Waals surface area contributed by atoms with E-state index in [0.717, 1.165) is 63.7 Å². The van der Waals surface area contributed by atoms with Crippen LogP contribution in [0.4, 0.5) is 21.9 Å². The van der Waals surface area contributed by atoms with E-state index in [9.17, 15) is 4.79 Å². The lowest BCUT2D eigenvalue weighted by molar-refractivity contribution is 0.116. The summed E-state index contributed by atoms with van der Waals surface area (Å²) in [6.07, 6.45) is 1.000. The van der Waals surface area contributed by atoms with Crippen molar-refractivity contribution in [2.75, 3.05) is 73.7 Å². The molecule has 0 N–H and O–H groups in total. The number of hydrogen-bond donors (Lipinski definition) is 0. The van der Waals surface area contributed by atoms with E-state index in [-0.39, 0.29) is 6.03 Å². The molecule has 0 aliphatic carbocycles. The molecular weight excluding hydrogens is 476 g/mol. The molecule has 38 heavy (non-hydrogen) atoms. The number of anilines is 3. The first-order valence-electron chi connectivity index (χ1n) is 13.7. The van der Waals surface area contributed by atoms with Gasteiger partial charge in [-0.15, -0.1) is 0 Å². The molecule has 3 aromatic carbocycles. The Balaban J connectivity index is 1.09. The maximum absolute atomic E-state index is 12.8. The highest BCUT2D eigenvalue weighted by Crippen LogP contribution is 2.26. The van der Waals surface area contributed by atoms with Crippen molar-refractivity contribution in [1.82, 2.24) is 4.90 Å². The molecule has 0 saturated carbocycles. The molecule has 0 unspecified atom stereocenters. The van der Waals surface area contributed by atoms with E-state index in [1.165, 1.54) is 16.9 Å². The van der Waals surface area contributed by atoms with E-state index >= 15 is 0 Å². The zero-order chi connectivity index (χ0) is 26.2. The molecule has 2 fully saturated rings. The monoisotopic (exact) mass is 514 g/mol. The summed E-state index contributed by atoms with van der Waals surface area (Å²) in [6.45, 7) is 9.99. The van der Waals surface area contributed by atoms with Crippen LogP contribution in [-0.2, 0) is 11.3 Å². The predicted octanol–water partition coefficient (Wildman–Crippen LogP) is 5.26. The Labute approximate surface area is 226 Å². The summed E-state index contributed by atoms with van der Waals surface area (Å²) in [5.74, 6) is 0.890. The van der Waals surface area contributed by atoms with Gasteiger partial charge in [-0.1, -0.05) is 37.3 Å². The quantitative estimate of drug-likeness (QED) is 0.327. The third kappa shape index (κ3) is 6.40. The molecule has 0 radical (unpaired) electrons. The van der Waals surface area contributed by atoms with Crippen molar-refractivity contribution in [3.8, 4) is 5.75 Å². The third-order valence-electron chi connectivity index (χ3n) is 7.21. The lowest BCUT2D eigenvalue weighted by Gasteiger charge is -2.37. The summed E-state index contributed by atoms with van der Waals surface area (Å²) in [5.41, 5.74) is 4.56. The highest BCUT2D eigenvalue weighted by atomic mass is 16.5. The van der Waals surface area contributed by atoms with Crippen LogP contribution in [0.5, 0.6) is 5.75 Å². The summed E-state index contributed by atoms with van der Waals surface area (Å²) in [6, 6.07) is 27.2. The number of nitrogens with zero attached hydrogens (tertiary/aromatic N) is 4. The molecule has 7 heteroatoms. The standard InChI is InChI=1S/C31H38N4O3/c1-2-23-37-24-22-34-20-21-35(31(34)36)29-10-8-27(9-11-29)32-16-18-33(19-17-32)28-12-14-30(15-13-28)38-25-26-6-4-3-5-7-26/h3-15H,2,16-25H2,1H3. The Morgan fingerprint density at radius 2 is 1.29 bits per heavy atom. The van der Waals surface area contributed by atoms with Crippen molar-refractivity contribution in [3.63, 3.8) is 0 Å². The van der Waals surface area contributed by atoms with E-state index in [0.29, 0.717) is 19.8 Å². The third-order valence-corrected chi connectivity index (χ3v) is 7.21. The van der Waals surface area contributed by atoms with Gasteiger partial charge in [0.15, 0.2) is 0 Å². The van der Waals surface area contributed by atoms with Crippen LogP contribution in [0, 0.1) is 0 Å². The average molecular weight is 515 g/mol. The second-order valence-corrected chi connectivity index (χ2v) is 9.79. The van der Waals surface area contributed by atoms with Gasteiger partial charge in [-0.2, -0.15) is 0 Å². The van der Waals surface area contributed by atoms with Gasteiger partial charge in [0.05, 0.1) is 6.61 Å². The normalized spacial score (nSPS) is 15.9. The minimum absolute atomic E-state index is 0.0722. The van der Waals surface area contributed by atoms with Gasteiger partial charge in [-0.05, 0) is 60.5 Å². The van der Waals surface area contributed by atoms with Gasteiger partial charge in [0.25, 0.3) is 0 Å². The van der Waals surface area contributed by atoms with Gasteiger partial charge in [-0.3, -0.25) is 4.90 Å². The van der Waals surface area contributed by atoms with Gasteiger partial charge in [0.1, 0.15) is 12.4 Å². The minimum Gasteiger partial charge on any atom is -0.489 e. The van der Waals surface area contributed by atoms with Crippen LogP contribution in [0.15, 0.2) is 78.9 Å². The van der Waals surface area contributed by atoms with Crippen LogP contribution >= 0.6 is 0 Å². The lowest BCUT2D eigenvalue weighted by Crippen LogP contribution is -2.46. The number of amides is 2. The molecule has 5 rings (SSSR count).